The van der Waals surface area contributed by atoms with Crippen LogP contribution in [0.15, 0.2) is 35.0 Å². The lowest BCUT2D eigenvalue weighted by atomic mass is 10.1. The lowest BCUT2D eigenvalue weighted by molar-refractivity contribution is -0.142. The highest BCUT2D eigenvalue weighted by Gasteiger charge is 2.35. The molecule has 1 N–H and O–H groups in total. The molecule has 0 radical (unpaired) electrons. The number of halogens is 3. The number of aryl methyl sites for hydroxylation is 1. The number of hydrogen-bond donors (Lipinski definition) is 1. The molecule has 0 aliphatic heterocycles. The van der Waals surface area contributed by atoms with Crippen LogP contribution in [0.3, 0.4) is 0 Å². The lowest BCUT2D eigenvalue weighted by Crippen LogP contribution is -2.13. The van der Waals surface area contributed by atoms with Gasteiger partial charge in [0.25, 0.3) is 0 Å². The zero-order valence-electron chi connectivity index (χ0n) is 12.8. The van der Waals surface area contributed by atoms with Crippen LogP contribution in [0.5, 0.6) is 5.88 Å². The van der Waals surface area contributed by atoms with Crippen molar-refractivity contribution < 1.29 is 32.2 Å². The number of fused-ring (bicyclic) bond motifs is 1. The van der Waals surface area contributed by atoms with E-state index in [1.54, 1.807) is 0 Å². The molecule has 0 aliphatic rings. The van der Waals surface area contributed by atoms with Crippen LogP contribution in [0.1, 0.15) is 27.4 Å². The minimum absolute atomic E-state index is 0.0206. The number of pyridine rings is 2. The van der Waals surface area contributed by atoms with Crippen molar-refractivity contribution in [3.05, 3.63) is 53.2 Å². The monoisotopic (exact) mass is 352 g/mol. The zero-order chi connectivity index (χ0) is 18.2. The number of carboxylic acids is 1. The number of furan rings is 1. The first-order valence-corrected chi connectivity index (χ1v) is 7.03. The van der Waals surface area contributed by atoms with Gasteiger partial charge in [-0.3, -0.25) is 4.98 Å². The molecule has 0 saturated heterocycles. The molecule has 0 bridgehead atoms. The van der Waals surface area contributed by atoms with E-state index < -0.39 is 24.4 Å². The maximum Gasteiger partial charge on any atom is 0.433 e. The second kappa shape index (κ2) is 6.08. The van der Waals surface area contributed by atoms with Crippen molar-refractivity contribution in [2.45, 2.75) is 19.7 Å². The Bertz CT molecular complexity index is 950. The molecule has 0 aromatic carbocycles. The molecule has 6 nitrogen and oxygen atoms in total. The van der Waals surface area contributed by atoms with Gasteiger partial charge in [0.15, 0.2) is 11.3 Å². The number of rotatable bonds is 4. The SMILES string of the molecule is Cc1oc2cnc(OCc3cccnc3C(F)(F)F)cc2c1C(=O)O. The van der Waals surface area contributed by atoms with E-state index in [2.05, 4.69) is 9.97 Å². The molecule has 0 aliphatic carbocycles. The Labute approximate surface area is 138 Å². The van der Waals surface area contributed by atoms with Gasteiger partial charge in [-0.1, -0.05) is 6.07 Å². The fourth-order valence-electron chi connectivity index (χ4n) is 2.41. The Morgan fingerprint density at radius 1 is 1.36 bits per heavy atom. The van der Waals surface area contributed by atoms with E-state index >= 15 is 0 Å². The molecule has 3 rings (SSSR count). The molecule has 0 unspecified atom stereocenters. The van der Waals surface area contributed by atoms with Crippen LogP contribution in [0.4, 0.5) is 13.2 Å². The fourth-order valence-corrected chi connectivity index (χ4v) is 2.41. The van der Waals surface area contributed by atoms with Crippen LogP contribution >= 0.6 is 0 Å². The standard InChI is InChI=1S/C16H11F3N2O4/c1-8-13(15(22)23)10-5-12(21-6-11(10)25-8)24-7-9-3-2-4-20-14(9)16(17,18)19/h2-6H,7H2,1H3,(H,22,23). The summed E-state index contributed by atoms with van der Waals surface area (Å²) in [4.78, 5) is 18.5. The number of ether oxygens (including phenoxy) is 1. The van der Waals surface area contributed by atoms with Gasteiger partial charge in [0.2, 0.25) is 5.88 Å². The van der Waals surface area contributed by atoms with Gasteiger partial charge in [-0.15, -0.1) is 0 Å². The van der Waals surface area contributed by atoms with E-state index in [-0.39, 0.29) is 33.7 Å². The van der Waals surface area contributed by atoms with Crippen molar-refractivity contribution in [3.8, 4) is 5.88 Å². The van der Waals surface area contributed by atoms with E-state index in [0.29, 0.717) is 0 Å². The summed E-state index contributed by atoms with van der Waals surface area (Å²) >= 11 is 0. The Morgan fingerprint density at radius 3 is 2.80 bits per heavy atom. The van der Waals surface area contributed by atoms with Gasteiger partial charge in [-0.05, 0) is 13.0 Å². The highest BCUT2D eigenvalue weighted by molar-refractivity contribution is 6.03. The minimum atomic E-state index is -4.60. The molecule has 0 spiro atoms. The van der Waals surface area contributed by atoms with Crippen LogP contribution in [0, 0.1) is 6.92 Å². The second-order valence-corrected chi connectivity index (χ2v) is 5.15. The predicted molar refractivity (Wildman–Crippen MR) is 79.3 cm³/mol. The van der Waals surface area contributed by atoms with Gasteiger partial charge < -0.3 is 14.3 Å². The van der Waals surface area contributed by atoms with Crippen LogP contribution in [-0.2, 0) is 12.8 Å². The summed E-state index contributed by atoms with van der Waals surface area (Å²) in [7, 11) is 0. The fraction of sp³-hybridized carbons (Fsp3) is 0.188. The maximum atomic E-state index is 12.9. The summed E-state index contributed by atoms with van der Waals surface area (Å²) in [6, 6.07) is 3.93. The Kier molecular flexibility index (Phi) is 4.07. The number of hydrogen-bond acceptors (Lipinski definition) is 5. The first-order valence-electron chi connectivity index (χ1n) is 7.03. The largest absolute Gasteiger partial charge is 0.478 e. The molecule has 0 fully saturated rings. The van der Waals surface area contributed by atoms with Gasteiger partial charge in [0, 0.05) is 23.2 Å². The third kappa shape index (κ3) is 3.25. The number of carboxylic acid groups (broad SMARTS) is 1. The number of aromatic carboxylic acids is 1. The normalized spacial score (nSPS) is 11.7. The molecule has 0 saturated carbocycles. The zero-order valence-corrected chi connectivity index (χ0v) is 12.8. The predicted octanol–water partition coefficient (Wildman–Crippen LogP) is 3.83. The lowest BCUT2D eigenvalue weighted by Gasteiger charge is -2.11. The third-order valence-electron chi connectivity index (χ3n) is 3.48. The molecular formula is C16H11F3N2O4. The molecule has 3 aromatic rings. The number of aromatic nitrogens is 2. The van der Waals surface area contributed by atoms with Crippen LogP contribution in [-0.4, -0.2) is 21.0 Å². The summed E-state index contributed by atoms with van der Waals surface area (Å²) in [6.45, 7) is 1.08. The summed E-state index contributed by atoms with van der Waals surface area (Å²) in [5, 5.41) is 9.48. The van der Waals surface area contributed by atoms with Gasteiger partial charge in [-0.2, -0.15) is 13.2 Å². The Hall–Kier alpha value is -3.10. The van der Waals surface area contributed by atoms with Gasteiger partial charge in [-0.25, -0.2) is 9.78 Å². The van der Waals surface area contributed by atoms with E-state index in [9.17, 15) is 23.1 Å². The summed E-state index contributed by atoms with van der Waals surface area (Å²) in [5.74, 6) is -0.999. The molecule has 25 heavy (non-hydrogen) atoms. The van der Waals surface area contributed by atoms with E-state index in [1.165, 1.54) is 31.3 Å². The summed E-state index contributed by atoms with van der Waals surface area (Å²) in [5.41, 5.74) is -0.987. The van der Waals surface area contributed by atoms with E-state index in [4.69, 9.17) is 9.15 Å². The number of alkyl halides is 3. The summed E-state index contributed by atoms with van der Waals surface area (Å²) < 4.78 is 49.3. The average molecular weight is 352 g/mol. The smallest absolute Gasteiger partial charge is 0.433 e. The van der Waals surface area contributed by atoms with Crippen LogP contribution in [0.25, 0.3) is 11.0 Å². The molecule has 3 heterocycles. The van der Waals surface area contributed by atoms with Crippen molar-refractivity contribution in [1.82, 2.24) is 9.97 Å². The van der Waals surface area contributed by atoms with Crippen molar-refractivity contribution >= 4 is 16.9 Å². The molecule has 130 valence electrons. The van der Waals surface area contributed by atoms with Gasteiger partial charge >= 0.3 is 12.1 Å². The quantitative estimate of drug-likeness (QED) is 0.768. The maximum absolute atomic E-state index is 12.9. The molecule has 9 heteroatoms. The molecule has 0 atom stereocenters. The van der Waals surface area contributed by atoms with E-state index in [1.807, 2.05) is 0 Å². The minimum Gasteiger partial charge on any atom is -0.478 e. The number of carbonyl (C=O) groups is 1. The molecule has 3 aromatic heterocycles. The van der Waals surface area contributed by atoms with Crippen molar-refractivity contribution in [3.63, 3.8) is 0 Å². The molecule has 0 amide bonds. The third-order valence-corrected chi connectivity index (χ3v) is 3.48. The van der Waals surface area contributed by atoms with Gasteiger partial charge in [0.05, 0.1) is 6.20 Å². The van der Waals surface area contributed by atoms with Crippen LogP contribution in [0.2, 0.25) is 0 Å². The van der Waals surface area contributed by atoms with Crippen molar-refractivity contribution in [1.29, 1.82) is 0 Å². The highest BCUT2D eigenvalue weighted by Crippen LogP contribution is 2.31. The highest BCUT2D eigenvalue weighted by atomic mass is 19.4. The van der Waals surface area contributed by atoms with Crippen molar-refractivity contribution in [2.75, 3.05) is 0 Å². The topological polar surface area (TPSA) is 85.5 Å². The van der Waals surface area contributed by atoms with Gasteiger partial charge in [0.1, 0.15) is 17.9 Å². The summed E-state index contributed by atoms with van der Waals surface area (Å²) in [6.07, 6.45) is -2.29. The second-order valence-electron chi connectivity index (χ2n) is 5.15. The van der Waals surface area contributed by atoms with Crippen LogP contribution < -0.4 is 4.74 Å². The number of nitrogens with zero attached hydrogens (tertiary/aromatic N) is 2. The van der Waals surface area contributed by atoms with Crippen molar-refractivity contribution in [2.24, 2.45) is 0 Å². The Balaban J connectivity index is 1.90. The average Bonchev–Trinajstić information content (AvgIpc) is 2.87. The first-order chi connectivity index (χ1) is 11.8. The Morgan fingerprint density at radius 2 is 2.12 bits per heavy atom. The first kappa shape index (κ1) is 16.7. The molecular weight excluding hydrogens is 341 g/mol. The van der Waals surface area contributed by atoms with E-state index in [0.717, 1.165) is 6.20 Å².